The van der Waals surface area contributed by atoms with Crippen LogP contribution in [0.5, 0.6) is 0 Å². The Bertz CT molecular complexity index is 383. The summed E-state index contributed by atoms with van der Waals surface area (Å²) in [7, 11) is -5.17. The van der Waals surface area contributed by atoms with Gasteiger partial charge in [-0.1, -0.05) is 96.8 Å². The van der Waals surface area contributed by atoms with Crippen LogP contribution in [0.15, 0.2) is 0 Å². The number of aliphatic carboxylic acids is 1. The van der Waals surface area contributed by atoms with Crippen molar-refractivity contribution in [1.82, 2.24) is 0 Å². The first-order valence-corrected chi connectivity index (χ1v) is 11.0. The second-order valence-corrected chi connectivity index (χ2v) is 7.30. The van der Waals surface area contributed by atoms with Crippen LogP contribution in [0.1, 0.15) is 110 Å². The molecule has 0 aromatic heterocycles. The summed E-state index contributed by atoms with van der Waals surface area (Å²) in [6, 6.07) is 0. The molecule has 0 saturated carbocycles. The zero-order valence-corrected chi connectivity index (χ0v) is 26.8. The fraction of sp³-hybridized carbons (Fsp3) is 0.944. The predicted octanol–water partition coefficient (Wildman–Crippen LogP) is 2.90. The molecule has 0 amide bonds. The zero-order valence-electron chi connectivity index (χ0n) is 17.1. The molecular weight excluding hydrogens is 619 g/mol. The second kappa shape index (κ2) is 28.5. The molecule has 0 spiro atoms. The van der Waals surface area contributed by atoms with Gasteiger partial charge in [0.25, 0.3) is 0 Å². The Morgan fingerprint density at radius 3 is 1.07 bits per heavy atom. The second-order valence-electron chi connectivity index (χ2n) is 6.48. The van der Waals surface area contributed by atoms with Crippen molar-refractivity contribution in [1.29, 1.82) is 0 Å². The van der Waals surface area contributed by atoms with Gasteiger partial charge in [0.2, 0.25) is 0 Å². The number of carbonyl (C=O) groups is 1. The van der Waals surface area contributed by atoms with Gasteiger partial charge in [-0.25, -0.2) is 0 Å². The molecule has 152 valence electrons. The van der Waals surface area contributed by atoms with Crippen LogP contribution in [-0.4, -0.2) is 121 Å². The van der Waals surface area contributed by atoms with Crippen molar-refractivity contribution >= 4 is 114 Å². The van der Waals surface area contributed by atoms with Crippen molar-refractivity contribution < 1.29 is 27.4 Å². The van der Waals surface area contributed by atoms with Gasteiger partial charge in [0, 0.05) is 16.4 Å². The molecule has 27 heavy (non-hydrogen) atoms. The minimum absolute atomic E-state index is 0. The van der Waals surface area contributed by atoms with Gasteiger partial charge in [0.15, 0.2) is 0 Å². The van der Waals surface area contributed by atoms with E-state index in [1.165, 1.54) is 83.5 Å². The third-order valence-electron chi connectivity index (χ3n) is 3.98. The Kier molecular flexibility index (Phi) is 38.9. The Morgan fingerprint density at radius 2 is 0.852 bits per heavy atom. The molecule has 9 heteroatoms. The van der Waals surface area contributed by atoms with E-state index in [4.69, 9.17) is 17.5 Å². The molecular formula is C18H35Ba2O6S+. The summed E-state index contributed by atoms with van der Waals surface area (Å²) in [5.74, 6) is -0.903. The van der Waals surface area contributed by atoms with Crippen molar-refractivity contribution in [2.45, 2.75) is 110 Å². The molecule has 0 aliphatic heterocycles. The van der Waals surface area contributed by atoms with Crippen LogP contribution in [0, 0.1) is 0 Å². The number of carboxylic acids is 1. The normalized spacial score (nSPS) is 10.2. The van der Waals surface area contributed by atoms with E-state index in [1.54, 1.807) is 0 Å². The van der Waals surface area contributed by atoms with Crippen LogP contribution in [0.25, 0.3) is 0 Å². The third-order valence-corrected chi connectivity index (χ3v) is 3.98. The van der Waals surface area contributed by atoms with Crippen molar-refractivity contribution in [3.63, 3.8) is 0 Å². The summed E-state index contributed by atoms with van der Waals surface area (Å²) in [5, 5.41) is 10.2. The monoisotopic (exact) mass is 655 g/mol. The molecule has 0 aromatic rings. The number of hydrogen-bond donors (Lipinski definition) is 0. The van der Waals surface area contributed by atoms with E-state index < -0.39 is 16.4 Å². The minimum atomic E-state index is -5.17. The number of carbonyl (C=O) groups excluding carboxylic acids is 1. The predicted molar refractivity (Wildman–Crippen MR) is 107 cm³/mol. The molecule has 0 aliphatic rings. The van der Waals surface area contributed by atoms with Gasteiger partial charge < -0.3 is 19.0 Å². The van der Waals surface area contributed by atoms with Crippen molar-refractivity contribution in [2.75, 3.05) is 0 Å². The van der Waals surface area contributed by atoms with Crippen LogP contribution in [0.3, 0.4) is 0 Å². The first-order chi connectivity index (χ1) is 11.8. The molecule has 0 heterocycles. The third kappa shape index (κ3) is 52.6. The average molecular weight is 654 g/mol. The van der Waals surface area contributed by atoms with Crippen LogP contribution in [0.4, 0.5) is 0 Å². The van der Waals surface area contributed by atoms with Gasteiger partial charge in [-0.15, -0.1) is 0 Å². The van der Waals surface area contributed by atoms with Gasteiger partial charge in [-0.3, -0.25) is 8.42 Å². The average Bonchev–Trinajstić information content (AvgIpc) is 2.49. The Labute approximate surface area is 247 Å². The fourth-order valence-corrected chi connectivity index (χ4v) is 2.64. The van der Waals surface area contributed by atoms with Gasteiger partial charge in [-0.05, 0) is 12.8 Å². The largest absolute Gasteiger partial charge is 2.00 e. The molecule has 0 rings (SSSR count). The Morgan fingerprint density at radius 1 is 0.630 bits per heavy atom. The maximum atomic E-state index is 10.2. The van der Waals surface area contributed by atoms with Gasteiger partial charge >= 0.3 is 97.8 Å². The number of hydrogen-bond acceptors (Lipinski definition) is 6. The standard InChI is InChI=1S/C18H36O2.2Ba.H2O4S/c1-2-3-4-5-6-7-8-9-10-11-12-13-14-15-16-17-18(19)20;;;1-5(2,3)4/h2-17H2,1H3,(H,19,20);;;(H2,1,2,3,4)/q;2*+2;/p-3. The Balaban J connectivity index is -0.000000333. The first-order valence-electron chi connectivity index (χ1n) is 9.64. The molecule has 0 atom stereocenters. The van der Waals surface area contributed by atoms with Crippen LogP contribution in [0.2, 0.25) is 0 Å². The molecule has 0 fully saturated rings. The van der Waals surface area contributed by atoms with Crippen LogP contribution >= 0.6 is 0 Å². The first kappa shape index (κ1) is 36.8. The number of carboxylic acid groups (broad SMARTS) is 1. The summed E-state index contributed by atoms with van der Waals surface area (Å²) in [5.41, 5.74) is 0. The molecule has 0 N–H and O–H groups in total. The van der Waals surface area contributed by atoms with E-state index >= 15 is 0 Å². The number of unbranched alkanes of at least 4 members (excludes halogenated alkanes) is 14. The number of rotatable bonds is 16. The van der Waals surface area contributed by atoms with E-state index in [0.29, 0.717) is 0 Å². The van der Waals surface area contributed by atoms with Crippen molar-refractivity contribution in [2.24, 2.45) is 0 Å². The van der Waals surface area contributed by atoms with E-state index in [0.717, 1.165) is 12.8 Å². The minimum Gasteiger partial charge on any atom is -0.759 e. The summed E-state index contributed by atoms with van der Waals surface area (Å²) < 4.78 is 34.1. The molecule has 0 aliphatic carbocycles. The smallest absolute Gasteiger partial charge is 0.759 e. The van der Waals surface area contributed by atoms with Crippen LogP contribution in [-0.2, 0) is 15.2 Å². The van der Waals surface area contributed by atoms with E-state index in [-0.39, 0.29) is 104 Å². The molecule has 6 nitrogen and oxygen atoms in total. The van der Waals surface area contributed by atoms with E-state index in [2.05, 4.69) is 6.92 Å². The summed E-state index contributed by atoms with van der Waals surface area (Å²) in [4.78, 5) is 10.2. The summed E-state index contributed by atoms with van der Waals surface area (Å²) in [6.45, 7) is 2.27. The fourth-order valence-electron chi connectivity index (χ4n) is 2.64. The van der Waals surface area contributed by atoms with Crippen LogP contribution < -0.4 is 5.11 Å². The van der Waals surface area contributed by atoms with Crippen molar-refractivity contribution in [3.05, 3.63) is 0 Å². The van der Waals surface area contributed by atoms with E-state index in [9.17, 15) is 9.90 Å². The van der Waals surface area contributed by atoms with Gasteiger partial charge in [-0.2, -0.15) is 0 Å². The summed E-state index contributed by atoms with van der Waals surface area (Å²) in [6.07, 6.45) is 19.9. The quantitative estimate of drug-likeness (QED) is 0.109. The van der Waals surface area contributed by atoms with Crippen molar-refractivity contribution in [3.8, 4) is 0 Å². The molecule has 0 aromatic carbocycles. The molecule has 0 unspecified atom stereocenters. The zero-order chi connectivity index (χ0) is 19.4. The molecule has 0 radical (unpaired) electrons. The maximum Gasteiger partial charge on any atom is 2.00 e. The van der Waals surface area contributed by atoms with Gasteiger partial charge in [0.05, 0.1) is 0 Å². The van der Waals surface area contributed by atoms with E-state index in [1.807, 2.05) is 0 Å². The Hall–Kier alpha value is 2.48. The SMILES string of the molecule is CCCCCCCCCCCCCCCCCC(=O)[O-].O=S(=O)([O-])[O-].[Ba+2].[Ba+2]. The van der Waals surface area contributed by atoms with Gasteiger partial charge in [0.1, 0.15) is 0 Å². The molecule has 0 saturated heterocycles. The maximum absolute atomic E-state index is 10.2. The molecule has 0 bridgehead atoms. The summed E-state index contributed by atoms with van der Waals surface area (Å²) >= 11 is 0. The topological polar surface area (TPSA) is 120 Å².